The number of amides is 2. The van der Waals surface area contributed by atoms with Crippen LogP contribution in [0.5, 0.6) is 0 Å². The van der Waals surface area contributed by atoms with Gasteiger partial charge in [-0.25, -0.2) is 10.5 Å². The van der Waals surface area contributed by atoms with Crippen LogP contribution in [0, 0.1) is 29.6 Å². The molecule has 0 aliphatic rings. The average molecular weight is 394 g/mol. The number of nitrogens with zero attached hydrogens (tertiary/aromatic N) is 1. The minimum Gasteiger partial charge on any atom is -0.450 e. The van der Waals surface area contributed by atoms with Gasteiger partial charge in [0.05, 0.1) is 6.10 Å². The monoisotopic (exact) mass is 394 g/mol. The maximum atomic E-state index is 12.1. The SMILES string of the molecule is C[C@H](O)C(C=NC(=O)c1ccc(C#CC#Cc2ccc(CO)o2)cc1)C(=O)NO. The highest BCUT2D eigenvalue weighted by atomic mass is 16.5. The number of benzene rings is 1. The van der Waals surface area contributed by atoms with Crippen LogP contribution in [-0.4, -0.2) is 39.6 Å². The molecule has 2 aromatic rings. The lowest BCUT2D eigenvalue weighted by Crippen LogP contribution is -2.35. The molecule has 1 unspecified atom stereocenters. The maximum Gasteiger partial charge on any atom is 0.276 e. The van der Waals surface area contributed by atoms with Gasteiger partial charge in [0, 0.05) is 17.3 Å². The Morgan fingerprint density at radius 3 is 2.45 bits per heavy atom. The number of furan rings is 1. The van der Waals surface area contributed by atoms with E-state index in [1.165, 1.54) is 24.5 Å². The van der Waals surface area contributed by atoms with Crippen LogP contribution in [-0.2, 0) is 11.4 Å². The normalized spacial score (nSPS) is 12.3. The summed E-state index contributed by atoms with van der Waals surface area (Å²) in [6.45, 7) is 1.14. The number of rotatable bonds is 5. The summed E-state index contributed by atoms with van der Waals surface area (Å²) >= 11 is 0. The number of aliphatic hydroxyl groups is 2. The fourth-order valence-corrected chi connectivity index (χ4v) is 2.13. The van der Waals surface area contributed by atoms with Crippen LogP contribution in [0.25, 0.3) is 0 Å². The Morgan fingerprint density at radius 2 is 1.86 bits per heavy atom. The first kappa shape index (κ1) is 21.6. The van der Waals surface area contributed by atoms with Gasteiger partial charge in [-0.15, -0.1) is 0 Å². The fraction of sp³-hybridized carbons (Fsp3) is 0.190. The van der Waals surface area contributed by atoms with E-state index in [-0.39, 0.29) is 12.2 Å². The molecule has 148 valence electrons. The molecule has 0 aliphatic carbocycles. The molecule has 1 aromatic carbocycles. The molecule has 0 saturated heterocycles. The van der Waals surface area contributed by atoms with Crippen molar-refractivity contribution in [3.8, 4) is 23.7 Å². The summed E-state index contributed by atoms with van der Waals surface area (Å²) in [5.41, 5.74) is 2.30. The van der Waals surface area contributed by atoms with E-state index in [1.807, 2.05) is 0 Å². The number of hydrogen-bond donors (Lipinski definition) is 4. The van der Waals surface area contributed by atoms with Gasteiger partial charge in [-0.05, 0) is 61.1 Å². The number of hydroxylamine groups is 1. The third-order valence-corrected chi connectivity index (χ3v) is 3.69. The number of nitrogens with one attached hydrogen (secondary N) is 1. The molecule has 0 spiro atoms. The molecule has 0 fully saturated rings. The first-order valence-corrected chi connectivity index (χ1v) is 8.46. The van der Waals surface area contributed by atoms with Gasteiger partial charge >= 0.3 is 0 Å². The van der Waals surface area contributed by atoms with Crippen molar-refractivity contribution in [3.05, 3.63) is 59.0 Å². The number of aliphatic hydroxyl groups excluding tert-OH is 2. The minimum absolute atomic E-state index is 0.198. The number of aliphatic imine (C=N–C) groups is 1. The maximum absolute atomic E-state index is 12.1. The summed E-state index contributed by atoms with van der Waals surface area (Å²) < 4.78 is 5.21. The van der Waals surface area contributed by atoms with Crippen molar-refractivity contribution < 1.29 is 29.4 Å². The zero-order valence-corrected chi connectivity index (χ0v) is 15.4. The van der Waals surface area contributed by atoms with Crippen LogP contribution in [0.1, 0.15) is 34.4 Å². The largest absolute Gasteiger partial charge is 0.450 e. The highest BCUT2D eigenvalue weighted by Crippen LogP contribution is 2.07. The molecule has 0 radical (unpaired) electrons. The quantitative estimate of drug-likeness (QED) is 0.258. The van der Waals surface area contributed by atoms with E-state index in [4.69, 9.17) is 14.7 Å². The van der Waals surface area contributed by atoms with E-state index in [0.717, 1.165) is 6.21 Å². The van der Waals surface area contributed by atoms with Crippen LogP contribution in [0.3, 0.4) is 0 Å². The van der Waals surface area contributed by atoms with Gasteiger partial charge in [0.1, 0.15) is 18.3 Å². The molecule has 29 heavy (non-hydrogen) atoms. The molecule has 1 aromatic heterocycles. The number of carbonyl (C=O) groups excluding carboxylic acids is 2. The second-order valence-electron chi connectivity index (χ2n) is 5.83. The van der Waals surface area contributed by atoms with Gasteiger partial charge in [0.2, 0.25) is 0 Å². The highest BCUT2D eigenvalue weighted by Gasteiger charge is 2.21. The summed E-state index contributed by atoms with van der Waals surface area (Å²) in [6, 6.07) is 9.51. The van der Waals surface area contributed by atoms with Crippen LogP contribution in [0.15, 0.2) is 45.8 Å². The van der Waals surface area contributed by atoms with Gasteiger partial charge in [0.25, 0.3) is 11.8 Å². The predicted molar refractivity (Wildman–Crippen MR) is 103 cm³/mol. The molecule has 8 nitrogen and oxygen atoms in total. The molecule has 1 heterocycles. The summed E-state index contributed by atoms with van der Waals surface area (Å²) in [5.74, 6) is 8.97. The molecule has 2 amide bonds. The first-order valence-electron chi connectivity index (χ1n) is 8.46. The molecule has 2 atom stereocenters. The van der Waals surface area contributed by atoms with E-state index in [0.29, 0.717) is 17.1 Å². The van der Waals surface area contributed by atoms with E-state index >= 15 is 0 Å². The molecular weight excluding hydrogens is 376 g/mol. The van der Waals surface area contributed by atoms with E-state index < -0.39 is 23.8 Å². The van der Waals surface area contributed by atoms with Crippen LogP contribution in [0.2, 0.25) is 0 Å². The first-order chi connectivity index (χ1) is 13.9. The van der Waals surface area contributed by atoms with E-state index in [1.54, 1.807) is 24.3 Å². The lowest BCUT2D eigenvalue weighted by molar-refractivity contribution is -0.133. The topological polar surface area (TPSA) is 132 Å². The molecule has 8 heteroatoms. The molecule has 2 rings (SSSR count). The molecule has 4 N–H and O–H groups in total. The van der Waals surface area contributed by atoms with Crippen molar-refractivity contribution in [2.45, 2.75) is 19.6 Å². The Labute approximate surface area is 166 Å². The Hall–Kier alpha value is -3.69. The van der Waals surface area contributed by atoms with Crippen molar-refractivity contribution in [2.24, 2.45) is 10.9 Å². The van der Waals surface area contributed by atoms with E-state index in [2.05, 4.69) is 28.7 Å². The summed E-state index contributed by atoms with van der Waals surface area (Å²) in [7, 11) is 0. The van der Waals surface area contributed by atoms with Crippen molar-refractivity contribution >= 4 is 18.0 Å². The van der Waals surface area contributed by atoms with Gasteiger partial charge < -0.3 is 14.6 Å². The second-order valence-corrected chi connectivity index (χ2v) is 5.83. The van der Waals surface area contributed by atoms with Crippen molar-refractivity contribution in [2.75, 3.05) is 0 Å². The summed E-state index contributed by atoms with van der Waals surface area (Å²) in [5, 5.41) is 27.1. The van der Waals surface area contributed by atoms with Gasteiger partial charge in [-0.2, -0.15) is 0 Å². The Morgan fingerprint density at radius 1 is 1.17 bits per heavy atom. The van der Waals surface area contributed by atoms with Crippen LogP contribution < -0.4 is 5.48 Å². The number of carbonyl (C=O) groups is 2. The van der Waals surface area contributed by atoms with Crippen molar-refractivity contribution in [3.63, 3.8) is 0 Å². The minimum atomic E-state index is -1.16. The standard InChI is InChI=1S/C21H18N2O6/c1-14(25)19(21(27)23-28)12-22-20(26)16-8-6-15(7-9-16)4-2-3-5-17-10-11-18(13-24)29-17/h6-12,14,19,24-25,28H,13H2,1H3,(H,23,27)/t14-,19?/m0/s1. The van der Waals surface area contributed by atoms with Gasteiger partial charge in [-0.3, -0.25) is 14.8 Å². The number of hydrogen-bond acceptors (Lipinski definition) is 6. The molecular formula is C21H18N2O6. The van der Waals surface area contributed by atoms with Gasteiger partial charge in [-0.1, -0.05) is 5.92 Å². The van der Waals surface area contributed by atoms with Gasteiger partial charge in [0.15, 0.2) is 5.76 Å². The smallest absolute Gasteiger partial charge is 0.276 e. The Balaban J connectivity index is 2.02. The van der Waals surface area contributed by atoms with Crippen molar-refractivity contribution in [1.29, 1.82) is 0 Å². The highest BCUT2D eigenvalue weighted by molar-refractivity contribution is 6.03. The molecule has 0 aliphatic heterocycles. The Kier molecular flexibility index (Phi) is 7.89. The fourth-order valence-electron chi connectivity index (χ4n) is 2.13. The second kappa shape index (κ2) is 10.6. The van der Waals surface area contributed by atoms with Crippen LogP contribution in [0.4, 0.5) is 0 Å². The predicted octanol–water partition coefficient (Wildman–Crippen LogP) is 0.889. The summed E-state index contributed by atoms with van der Waals surface area (Å²) in [6.07, 6.45) is -0.146. The molecule has 0 saturated carbocycles. The van der Waals surface area contributed by atoms with Crippen LogP contribution >= 0.6 is 0 Å². The average Bonchev–Trinajstić information content (AvgIpc) is 3.19. The third kappa shape index (κ3) is 6.45. The zero-order chi connectivity index (χ0) is 21.2. The molecule has 0 bridgehead atoms. The third-order valence-electron chi connectivity index (χ3n) is 3.69. The van der Waals surface area contributed by atoms with Crippen molar-refractivity contribution in [1.82, 2.24) is 5.48 Å². The Bertz CT molecular complexity index is 1010. The lowest BCUT2D eigenvalue weighted by atomic mass is 10.1. The zero-order valence-electron chi connectivity index (χ0n) is 15.4. The summed E-state index contributed by atoms with van der Waals surface area (Å²) in [4.78, 5) is 27.1. The lowest BCUT2D eigenvalue weighted by Gasteiger charge is -2.12. The van der Waals surface area contributed by atoms with E-state index in [9.17, 15) is 14.7 Å².